The Hall–Kier alpha value is -3.15. The van der Waals surface area contributed by atoms with Crippen LogP contribution in [0.25, 0.3) is 11.0 Å². The topological polar surface area (TPSA) is 78.1 Å². The molecule has 0 saturated carbocycles. The molecule has 1 fully saturated rings. The van der Waals surface area contributed by atoms with E-state index in [1.165, 1.54) is 0 Å². The zero-order valence-corrected chi connectivity index (χ0v) is 13.6. The van der Waals surface area contributed by atoms with E-state index in [4.69, 9.17) is 0 Å². The lowest BCUT2D eigenvalue weighted by Gasteiger charge is -2.16. The van der Waals surface area contributed by atoms with Crippen molar-refractivity contribution in [1.29, 1.82) is 0 Å². The van der Waals surface area contributed by atoms with Gasteiger partial charge >= 0.3 is 0 Å². The Balaban J connectivity index is 1.38. The molecule has 126 valence electrons. The number of fused-ring (bicyclic) bond motifs is 1. The number of amides is 2. The summed E-state index contributed by atoms with van der Waals surface area (Å²) in [5, 5.41) is 2.94. The Morgan fingerprint density at radius 1 is 1.24 bits per heavy atom. The Morgan fingerprint density at radius 2 is 2.08 bits per heavy atom. The van der Waals surface area contributed by atoms with Crippen LogP contribution in [0.3, 0.4) is 0 Å². The number of hydrogen-bond donors (Lipinski definition) is 2. The highest BCUT2D eigenvalue weighted by molar-refractivity contribution is 5.98. The van der Waals surface area contributed by atoms with Crippen LogP contribution in [0.1, 0.15) is 16.8 Å². The first kappa shape index (κ1) is 15.4. The highest BCUT2D eigenvalue weighted by atomic mass is 16.2. The van der Waals surface area contributed by atoms with E-state index in [1.54, 1.807) is 23.4 Å². The van der Waals surface area contributed by atoms with Crippen LogP contribution in [-0.2, 0) is 4.79 Å². The van der Waals surface area contributed by atoms with Crippen molar-refractivity contribution in [2.75, 3.05) is 18.0 Å². The van der Waals surface area contributed by atoms with Gasteiger partial charge in [0.15, 0.2) is 0 Å². The summed E-state index contributed by atoms with van der Waals surface area (Å²) in [4.78, 5) is 33.5. The maximum Gasteiger partial charge on any atom is 0.251 e. The van der Waals surface area contributed by atoms with Gasteiger partial charge in [0.2, 0.25) is 5.91 Å². The summed E-state index contributed by atoms with van der Waals surface area (Å²) in [6.07, 6.45) is 2.06. The van der Waals surface area contributed by atoms with Gasteiger partial charge in [-0.25, -0.2) is 4.98 Å². The molecule has 3 aromatic rings. The molecule has 0 radical (unpaired) electrons. The van der Waals surface area contributed by atoms with Gasteiger partial charge in [-0.2, -0.15) is 0 Å². The summed E-state index contributed by atoms with van der Waals surface area (Å²) < 4.78 is 0. The minimum atomic E-state index is -0.137. The van der Waals surface area contributed by atoms with E-state index in [0.29, 0.717) is 25.1 Å². The van der Waals surface area contributed by atoms with Gasteiger partial charge in [0.1, 0.15) is 0 Å². The van der Waals surface area contributed by atoms with Gasteiger partial charge in [0.25, 0.3) is 5.91 Å². The van der Waals surface area contributed by atoms with Crippen molar-refractivity contribution in [3.63, 3.8) is 0 Å². The lowest BCUT2D eigenvalue weighted by molar-refractivity contribution is -0.117. The van der Waals surface area contributed by atoms with Crippen LogP contribution in [0.4, 0.5) is 5.69 Å². The molecule has 1 aliphatic heterocycles. The summed E-state index contributed by atoms with van der Waals surface area (Å²) in [6, 6.07) is 15.0. The SMILES string of the molecule is O=C(NCC1CC(=O)N(c2ccccc2)C1)c1ccc2nc[nH]c2c1. The van der Waals surface area contributed by atoms with Crippen molar-refractivity contribution in [3.05, 3.63) is 60.4 Å². The molecule has 1 aliphatic rings. The smallest absolute Gasteiger partial charge is 0.251 e. The van der Waals surface area contributed by atoms with E-state index in [9.17, 15) is 9.59 Å². The molecule has 2 heterocycles. The highest BCUT2D eigenvalue weighted by Gasteiger charge is 2.30. The van der Waals surface area contributed by atoms with Crippen LogP contribution in [0.2, 0.25) is 0 Å². The van der Waals surface area contributed by atoms with Crippen LogP contribution in [-0.4, -0.2) is 34.9 Å². The quantitative estimate of drug-likeness (QED) is 0.769. The normalized spacial score (nSPS) is 17.2. The third-order valence-electron chi connectivity index (χ3n) is 4.51. The molecule has 2 amide bonds. The van der Waals surface area contributed by atoms with Crippen LogP contribution in [0, 0.1) is 5.92 Å². The largest absolute Gasteiger partial charge is 0.352 e. The molecule has 0 aliphatic carbocycles. The number of benzene rings is 2. The van der Waals surface area contributed by atoms with Crippen molar-refractivity contribution in [2.45, 2.75) is 6.42 Å². The molecule has 4 rings (SSSR count). The molecule has 6 heteroatoms. The molecule has 0 bridgehead atoms. The van der Waals surface area contributed by atoms with E-state index in [-0.39, 0.29) is 17.7 Å². The second-order valence-corrected chi connectivity index (χ2v) is 6.25. The lowest BCUT2D eigenvalue weighted by Crippen LogP contribution is -2.31. The number of nitrogens with one attached hydrogen (secondary N) is 2. The maximum absolute atomic E-state index is 12.4. The van der Waals surface area contributed by atoms with Crippen LogP contribution >= 0.6 is 0 Å². The van der Waals surface area contributed by atoms with Gasteiger partial charge in [0.05, 0.1) is 17.4 Å². The van der Waals surface area contributed by atoms with Crippen molar-refractivity contribution in [1.82, 2.24) is 15.3 Å². The lowest BCUT2D eigenvalue weighted by atomic mass is 10.1. The molecular formula is C19H18N4O2. The van der Waals surface area contributed by atoms with E-state index in [2.05, 4.69) is 15.3 Å². The molecule has 0 spiro atoms. The molecule has 1 aromatic heterocycles. The third-order valence-corrected chi connectivity index (χ3v) is 4.51. The van der Waals surface area contributed by atoms with Crippen molar-refractivity contribution in [3.8, 4) is 0 Å². The summed E-state index contributed by atoms with van der Waals surface area (Å²) >= 11 is 0. The fourth-order valence-electron chi connectivity index (χ4n) is 3.19. The first-order valence-corrected chi connectivity index (χ1v) is 8.27. The van der Waals surface area contributed by atoms with E-state index >= 15 is 0 Å². The van der Waals surface area contributed by atoms with Gasteiger partial charge < -0.3 is 15.2 Å². The number of aromatic amines is 1. The number of anilines is 1. The molecule has 2 N–H and O–H groups in total. The molecule has 2 aromatic carbocycles. The predicted molar refractivity (Wildman–Crippen MR) is 95.3 cm³/mol. The third kappa shape index (κ3) is 3.10. The minimum absolute atomic E-state index is 0.101. The second-order valence-electron chi connectivity index (χ2n) is 6.25. The summed E-state index contributed by atoms with van der Waals surface area (Å²) in [7, 11) is 0. The average molecular weight is 334 g/mol. The van der Waals surface area contributed by atoms with Gasteiger partial charge in [-0.3, -0.25) is 9.59 Å². The predicted octanol–water partition coefficient (Wildman–Crippen LogP) is 2.35. The van der Waals surface area contributed by atoms with Gasteiger partial charge in [-0.15, -0.1) is 0 Å². The fraction of sp³-hybridized carbons (Fsp3) is 0.211. The Bertz CT molecular complexity index is 919. The van der Waals surface area contributed by atoms with Crippen molar-refractivity contribution in [2.24, 2.45) is 5.92 Å². The average Bonchev–Trinajstić information content (AvgIpc) is 3.26. The van der Waals surface area contributed by atoms with Crippen LogP contribution in [0.5, 0.6) is 0 Å². The number of carbonyl (C=O) groups is 2. The number of carbonyl (C=O) groups excluding carboxylic acids is 2. The van der Waals surface area contributed by atoms with Gasteiger partial charge in [0, 0.05) is 36.7 Å². The monoisotopic (exact) mass is 334 g/mol. The molecule has 1 saturated heterocycles. The second kappa shape index (κ2) is 6.39. The van der Waals surface area contributed by atoms with Crippen molar-refractivity contribution >= 4 is 28.5 Å². The fourth-order valence-corrected chi connectivity index (χ4v) is 3.19. The molecule has 1 atom stereocenters. The molecular weight excluding hydrogens is 316 g/mol. The summed E-state index contributed by atoms with van der Waals surface area (Å²) in [5.74, 6) is 0.0824. The standard InChI is InChI=1S/C19H18N4O2/c24-18-8-13(11-23(18)15-4-2-1-3-5-15)10-20-19(25)14-6-7-16-17(9-14)22-12-21-16/h1-7,9,12-13H,8,10-11H2,(H,20,25)(H,21,22). The number of para-hydroxylation sites is 1. The molecule has 1 unspecified atom stereocenters. The van der Waals surface area contributed by atoms with E-state index < -0.39 is 0 Å². The Kier molecular flexibility index (Phi) is 3.93. The highest BCUT2D eigenvalue weighted by Crippen LogP contribution is 2.24. The van der Waals surface area contributed by atoms with Gasteiger partial charge in [-0.1, -0.05) is 18.2 Å². The number of aromatic nitrogens is 2. The first-order chi connectivity index (χ1) is 12.2. The number of rotatable bonds is 4. The molecule has 25 heavy (non-hydrogen) atoms. The first-order valence-electron chi connectivity index (χ1n) is 8.27. The Labute approximate surface area is 144 Å². The van der Waals surface area contributed by atoms with E-state index in [0.717, 1.165) is 16.7 Å². The van der Waals surface area contributed by atoms with E-state index in [1.807, 2.05) is 36.4 Å². The number of hydrogen-bond acceptors (Lipinski definition) is 3. The van der Waals surface area contributed by atoms with Crippen LogP contribution < -0.4 is 10.2 Å². The number of imidazole rings is 1. The zero-order valence-electron chi connectivity index (χ0n) is 13.6. The number of H-pyrrole nitrogens is 1. The minimum Gasteiger partial charge on any atom is -0.352 e. The summed E-state index contributed by atoms with van der Waals surface area (Å²) in [5.41, 5.74) is 3.16. The molecule has 6 nitrogen and oxygen atoms in total. The maximum atomic E-state index is 12.4. The Morgan fingerprint density at radius 3 is 2.92 bits per heavy atom. The van der Waals surface area contributed by atoms with Crippen molar-refractivity contribution < 1.29 is 9.59 Å². The van der Waals surface area contributed by atoms with Crippen LogP contribution in [0.15, 0.2) is 54.9 Å². The summed E-state index contributed by atoms with van der Waals surface area (Å²) in [6.45, 7) is 1.11. The number of nitrogens with zero attached hydrogens (tertiary/aromatic N) is 2. The zero-order chi connectivity index (χ0) is 17.2. The van der Waals surface area contributed by atoms with Gasteiger partial charge in [-0.05, 0) is 30.3 Å².